The Balaban J connectivity index is 0. The second kappa shape index (κ2) is 12.0. The number of quaternary nitrogens is 1. The van der Waals surface area contributed by atoms with Crippen LogP contribution in [0.5, 0.6) is 0 Å². The van der Waals surface area contributed by atoms with E-state index in [1.165, 1.54) is 0 Å². The smallest absolute Gasteiger partial charge is 0.548 e. The van der Waals surface area contributed by atoms with Crippen molar-refractivity contribution in [2.24, 2.45) is 4.99 Å². The summed E-state index contributed by atoms with van der Waals surface area (Å²) in [5.41, 5.74) is 0. The predicted molar refractivity (Wildman–Crippen MR) is 62.9 cm³/mol. The summed E-state index contributed by atoms with van der Waals surface area (Å²) in [6.45, 7) is 3.10. The van der Waals surface area contributed by atoms with Crippen LogP contribution in [0.1, 0.15) is 19.8 Å². The minimum Gasteiger partial charge on any atom is -0.548 e. The largest absolute Gasteiger partial charge is 1.00 e. The monoisotopic (exact) mass is 317 g/mol. The maximum absolute atomic E-state index is 10.9. The Morgan fingerprint density at radius 3 is 2.48 bits per heavy atom. The first-order valence-electron chi connectivity index (χ1n) is 6.37. The molecule has 108 valence electrons. The first-order valence-corrected chi connectivity index (χ1v) is 6.37. The predicted octanol–water partition coefficient (Wildman–Crippen LogP) is -8.46. The van der Waals surface area contributed by atoms with Crippen molar-refractivity contribution in [3.63, 3.8) is 0 Å². The van der Waals surface area contributed by atoms with Crippen LogP contribution in [0.4, 0.5) is 0 Å². The molecule has 0 saturated heterocycles. The Morgan fingerprint density at radius 2 is 1.95 bits per heavy atom. The van der Waals surface area contributed by atoms with Crippen LogP contribution in [0.3, 0.4) is 0 Å². The molecular formula is C12H19N2Na2O5+. The third-order valence-corrected chi connectivity index (χ3v) is 3.16. The Morgan fingerprint density at radius 1 is 1.29 bits per heavy atom. The Kier molecular flexibility index (Phi) is 13.6. The standard InChI is InChI=1S/C12H20N2O5.2Na/c1-2-3-10-13-4-5-14(10,8-11(15)16)6-7-19-9-12(17)18;;/h2-9H2,1H3,(H-,15,16,17,18);;/q;2*+1/p-1. The molecule has 1 aliphatic heterocycles. The molecule has 0 aromatic rings. The molecule has 1 atom stereocenters. The molecule has 1 heterocycles. The third-order valence-electron chi connectivity index (χ3n) is 3.16. The van der Waals surface area contributed by atoms with Crippen molar-refractivity contribution in [1.82, 2.24) is 0 Å². The van der Waals surface area contributed by atoms with Crippen LogP contribution < -0.4 is 69.3 Å². The fraction of sp³-hybridized carbons (Fsp3) is 0.750. The van der Waals surface area contributed by atoms with Gasteiger partial charge in [-0.25, -0.2) is 4.99 Å². The summed E-state index contributed by atoms with van der Waals surface area (Å²) in [6, 6.07) is 0. The molecule has 1 rings (SSSR count). The Hall–Kier alpha value is 0.530. The van der Waals surface area contributed by atoms with Crippen LogP contribution in [-0.2, 0) is 14.3 Å². The van der Waals surface area contributed by atoms with Crippen molar-refractivity contribution in [2.75, 3.05) is 39.4 Å². The number of hydrogen-bond donors (Lipinski definition) is 0. The van der Waals surface area contributed by atoms with Crippen LogP contribution >= 0.6 is 0 Å². The minimum atomic E-state index is -1.28. The normalized spacial score (nSPS) is 20.1. The zero-order chi connectivity index (χ0) is 14.3. The van der Waals surface area contributed by atoms with Crippen molar-refractivity contribution in [2.45, 2.75) is 19.8 Å². The average molecular weight is 317 g/mol. The van der Waals surface area contributed by atoms with Crippen LogP contribution in [0.2, 0.25) is 0 Å². The van der Waals surface area contributed by atoms with E-state index in [0.717, 1.165) is 18.7 Å². The van der Waals surface area contributed by atoms with Crippen LogP contribution in [0.25, 0.3) is 0 Å². The van der Waals surface area contributed by atoms with E-state index >= 15 is 0 Å². The van der Waals surface area contributed by atoms with Crippen molar-refractivity contribution in [3.05, 3.63) is 0 Å². The average Bonchev–Trinajstić information content (AvgIpc) is 2.68. The van der Waals surface area contributed by atoms with E-state index in [1.54, 1.807) is 0 Å². The molecule has 1 aliphatic rings. The first kappa shape index (κ1) is 23.8. The molecule has 0 N–H and O–H groups in total. The second-order valence-corrected chi connectivity index (χ2v) is 4.60. The van der Waals surface area contributed by atoms with E-state index < -0.39 is 18.5 Å². The van der Waals surface area contributed by atoms with Gasteiger partial charge in [-0.1, -0.05) is 6.92 Å². The number of carbonyl (C=O) groups excluding carboxylic acids is 2. The Labute approximate surface area is 168 Å². The van der Waals surface area contributed by atoms with Crippen molar-refractivity contribution < 1.29 is 88.1 Å². The molecule has 0 amide bonds. The summed E-state index contributed by atoms with van der Waals surface area (Å²) >= 11 is 0. The van der Waals surface area contributed by atoms with Gasteiger partial charge in [-0.05, 0) is 6.42 Å². The zero-order valence-corrected chi connectivity index (χ0v) is 17.1. The molecule has 7 nitrogen and oxygen atoms in total. The third kappa shape index (κ3) is 8.08. The molecule has 0 aromatic heterocycles. The number of ether oxygens (including phenoxy) is 1. The molecule has 1 unspecified atom stereocenters. The number of nitrogens with zero attached hydrogens (tertiary/aromatic N) is 2. The van der Waals surface area contributed by atoms with Crippen LogP contribution in [0, 0.1) is 0 Å². The molecule has 0 bridgehead atoms. The molecule has 9 heteroatoms. The van der Waals surface area contributed by atoms with Crippen molar-refractivity contribution in [1.29, 1.82) is 0 Å². The second-order valence-electron chi connectivity index (χ2n) is 4.60. The molecule has 0 spiro atoms. The Bertz CT molecular complexity index is 379. The number of carboxylic acid groups (broad SMARTS) is 2. The number of carbonyl (C=O) groups is 2. The van der Waals surface area contributed by atoms with Crippen molar-refractivity contribution in [3.8, 4) is 0 Å². The fourth-order valence-corrected chi connectivity index (χ4v) is 2.32. The van der Waals surface area contributed by atoms with Crippen molar-refractivity contribution >= 4 is 17.8 Å². The fourth-order valence-electron chi connectivity index (χ4n) is 2.32. The summed E-state index contributed by atoms with van der Waals surface area (Å²) in [5, 5.41) is 21.2. The van der Waals surface area contributed by atoms with Gasteiger partial charge in [0, 0.05) is 6.42 Å². The minimum absolute atomic E-state index is 0. The summed E-state index contributed by atoms with van der Waals surface area (Å²) in [6.07, 6.45) is 1.61. The van der Waals surface area contributed by atoms with E-state index in [1.807, 2.05) is 6.92 Å². The van der Waals surface area contributed by atoms with Gasteiger partial charge in [-0.3, -0.25) is 4.48 Å². The number of hydrogen-bond acceptors (Lipinski definition) is 6. The van der Waals surface area contributed by atoms with Gasteiger partial charge in [0.2, 0.25) is 0 Å². The topological polar surface area (TPSA) is 102 Å². The van der Waals surface area contributed by atoms with Crippen LogP contribution in [0.15, 0.2) is 4.99 Å². The van der Waals surface area contributed by atoms with E-state index in [-0.39, 0.29) is 76.7 Å². The van der Waals surface area contributed by atoms with E-state index in [0.29, 0.717) is 19.6 Å². The van der Waals surface area contributed by atoms with Gasteiger partial charge in [0.1, 0.15) is 19.6 Å². The molecular weight excluding hydrogens is 298 g/mol. The van der Waals surface area contributed by atoms with Gasteiger partial charge >= 0.3 is 59.1 Å². The SMILES string of the molecule is CCCC1=NCC[N+]1(CCOCC(=O)[O-])CC(=O)[O-].[Na+].[Na+]. The summed E-state index contributed by atoms with van der Waals surface area (Å²) in [4.78, 5) is 25.5. The summed E-state index contributed by atoms with van der Waals surface area (Å²) in [7, 11) is 0. The van der Waals surface area contributed by atoms with Gasteiger partial charge in [0.15, 0.2) is 5.84 Å². The van der Waals surface area contributed by atoms with E-state index in [4.69, 9.17) is 4.74 Å². The van der Waals surface area contributed by atoms with Gasteiger partial charge in [0.05, 0.1) is 31.7 Å². The number of rotatable bonds is 9. The van der Waals surface area contributed by atoms with E-state index in [2.05, 4.69) is 4.99 Å². The van der Waals surface area contributed by atoms with Crippen LogP contribution in [-0.4, -0.2) is 61.7 Å². The first-order chi connectivity index (χ1) is 9.00. The van der Waals surface area contributed by atoms with Gasteiger partial charge in [-0.15, -0.1) is 0 Å². The van der Waals surface area contributed by atoms with E-state index in [9.17, 15) is 19.8 Å². The summed E-state index contributed by atoms with van der Waals surface area (Å²) < 4.78 is 5.16. The number of aliphatic carboxylic acids is 2. The maximum atomic E-state index is 10.9. The molecule has 0 fully saturated rings. The van der Waals surface area contributed by atoms with Gasteiger partial charge < -0.3 is 24.5 Å². The zero-order valence-electron chi connectivity index (χ0n) is 13.1. The molecule has 0 radical (unpaired) electrons. The number of carboxylic acids is 2. The molecule has 0 aromatic carbocycles. The number of amidine groups is 1. The van der Waals surface area contributed by atoms with Gasteiger partial charge in [-0.2, -0.15) is 0 Å². The molecule has 21 heavy (non-hydrogen) atoms. The number of aliphatic imine (C=N–C) groups is 1. The molecule has 0 aliphatic carbocycles. The quantitative estimate of drug-likeness (QED) is 0.239. The van der Waals surface area contributed by atoms with Gasteiger partial charge in [0.25, 0.3) is 0 Å². The maximum Gasteiger partial charge on any atom is 1.00 e. The summed E-state index contributed by atoms with van der Waals surface area (Å²) in [5.74, 6) is -1.58. The molecule has 0 saturated carbocycles.